The van der Waals surface area contributed by atoms with Gasteiger partial charge in [-0.1, -0.05) is 191 Å². The molecule has 0 unspecified atom stereocenters. The first-order valence-corrected chi connectivity index (χ1v) is 20.7. The third-order valence-corrected chi connectivity index (χ3v) is 13.0. The predicted octanol–water partition coefficient (Wildman–Crippen LogP) is 15.7. The van der Waals surface area contributed by atoms with Crippen LogP contribution < -0.4 is 4.90 Å². The Labute approximate surface area is 341 Å². The van der Waals surface area contributed by atoms with Gasteiger partial charge in [-0.15, -0.1) is 0 Å². The Morgan fingerprint density at radius 1 is 0.351 bits per heavy atom. The van der Waals surface area contributed by atoms with Crippen molar-refractivity contribution >= 4 is 17.1 Å². The molecule has 9 rings (SSSR count). The molecule has 0 spiro atoms. The Hall–Kier alpha value is -5.66. The zero-order valence-corrected chi connectivity index (χ0v) is 35.4. The van der Waals surface area contributed by atoms with E-state index in [1.165, 1.54) is 77.9 Å². The lowest BCUT2D eigenvalue weighted by Gasteiger charge is -2.31. The minimum absolute atomic E-state index is 0.0155. The van der Waals surface area contributed by atoms with Crippen LogP contribution in [0.15, 0.2) is 152 Å². The topological polar surface area (TPSA) is 3.24 Å². The Balaban J connectivity index is 1.28. The average Bonchev–Trinajstić information content (AvgIpc) is 3.56. The maximum Gasteiger partial charge on any atom is 0.0540 e. The SMILES string of the molecule is CC(C)(C)c1cc(-c2ccccc2-c2ccccc2N(c2ccc3c(c2)C(C)(C)c2ccccc2-3)c2ccc3c(c2)C(C)(C)c2ccccc2-3)cc(C(C)(C)C)c1. The van der Waals surface area contributed by atoms with Gasteiger partial charge in [0.05, 0.1) is 5.69 Å². The number of hydrogen-bond donors (Lipinski definition) is 0. The maximum absolute atomic E-state index is 2.52. The number of anilines is 3. The average molecular weight is 742 g/mol. The molecule has 0 aromatic heterocycles. The Bertz CT molecular complexity index is 2570. The van der Waals surface area contributed by atoms with Gasteiger partial charge in [0.25, 0.3) is 0 Å². The molecule has 0 saturated carbocycles. The molecule has 0 radical (unpaired) electrons. The van der Waals surface area contributed by atoms with Crippen molar-refractivity contribution in [1.82, 2.24) is 0 Å². The maximum atomic E-state index is 2.52. The molecule has 1 nitrogen and oxygen atoms in total. The summed E-state index contributed by atoms with van der Waals surface area (Å²) in [5.41, 5.74) is 21.8. The Morgan fingerprint density at radius 3 is 1.21 bits per heavy atom. The summed E-state index contributed by atoms with van der Waals surface area (Å²) in [7, 11) is 0. The van der Waals surface area contributed by atoms with E-state index < -0.39 is 0 Å². The molecular formula is C56H55N. The number of fused-ring (bicyclic) bond motifs is 6. The van der Waals surface area contributed by atoms with E-state index in [1.807, 2.05) is 0 Å². The van der Waals surface area contributed by atoms with Crippen molar-refractivity contribution in [3.05, 3.63) is 185 Å². The molecule has 0 saturated heterocycles. The first-order chi connectivity index (χ1) is 27.0. The van der Waals surface area contributed by atoms with E-state index in [0.717, 1.165) is 17.1 Å². The van der Waals surface area contributed by atoms with E-state index in [-0.39, 0.29) is 21.7 Å². The van der Waals surface area contributed by atoms with Crippen molar-refractivity contribution in [2.45, 2.75) is 90.9 Å². The third-order valence-electron chi connectivity index (χ3n) is 13.0. The van der Waals surface area contributed by atoms with Gasteiger partial charge < -0.3 is 4.90 Å². The van der Waals surface area contributed by atoms with Gasteiger partial charge in [0.1, 0.15) is 0 Å². The predicted molar refractivity (Wildman–Crippen MR) is 245 cm³/mol. The Morgan fingerprint density at radius 2 is 0.737 bits per heavy atom. The fourth-order valence-corrected chi connectivity index (χ4v) is 9.61. The summed E-state index contributed by atoms with van der Waals surface area (Å²) in [4.78, 5) is 2.52. The van der Waals surface area contributed by atoms with Gasteiger partial charge in [-0.25, -0.2) is 0 Å². The zero-order chi connectivity index (χ0) is 40.1. The summed E-state index contributed by atoms with van der Waals surface area (Å²) in [6, 6.07) is 57.6. The minimum atomic E-state index is -0.121. The largest absolute Gasteiger partial charge is 0.310 e. The lowest BCUT2D eigenvalue weighted by molar-refractivity contribution is 0.569. The lowest BCUT2D eigenvalue weighted by atomic mass is 9.78. The summed E-state index contributed by atoms with van der Waals surface area (Å²) in [5, 5.41) is 0. The highest BCUT2D eigenvalue weighted by Crippen LogP contribution is 2.54. The highest BCUT2D eigenvalue weighted by molar-refractivity contribution is 5.96. The van der Waals surface area contributed by atoms with Crippen LogP contribution in [0.3, 0.4) is 0 Å². The van der Waals surface area contributed by atoms with Crippen molar-refractivity contribution in [3.8, 4) is 44.5 Å². The molecule has 57 heavy (non-hydrogen) atoms. The van der Waals surface area contributed by atoms with E-state index in [4.69, 9.17) is 0 Å². The van der Waals surface area contributed by atoms with E-state index in [2.05, 4.69) is 226 Å². The van der Waals surface area contributed by atoms with Crippen LogP contribution in [-0.2, 0) is 21.7 Å². The molecule has 1 heteroatoms. The molecule has 7 aromatic carbocycles. The van der Waals surface area contributed by atoms with Gasteiger partial charge in [0, 0.05) is 27.8 Å². The van der Waals surface area contributed by atoms with Gasteiger partial charge in [-0.05, 0) is 113 Å². The molecule has 0 N–H and O–H groups in total. The van der Waals surface area contributed by atoms with Crippen LogP contribution in [0.25, 0.3) is 44.5 Å². The van der Waals surface area contributed by atoms with Gasteiger partial charge in [0.15, 0.2) is 0 Å². The normalized spacial score (nSPS) is 14.8. The minimum Gasteiger partial charge on any atom is -0.310 e. The smallest absolute Gasteiger partial charge is 0.0540 e. The summed E-state index contributed by atoms with van der Waals surface area (Å²) in [6.07, 6.45) is 0. The molecule has 2 aliphatic rings. The van der Waals surface area contributed by atoms with Gasteiger partial charge in [-0.3, -0.25) is 0 Å². The van der Waals surface area contributed by atoms with Crippen molar-refractivity contribution in [2.24, 2.45) is 0 Å². The number of hydrogen-bond acceptors (Lipinski definition) is 1. The molecule has 0 amide bonds. The van der Waals surface area contributed by atoms with Crippen LogP contribution in [-0.4, -0.2) is 0 Å². The fraction of sp³-hybridized carbons (Fsp3) is 0.250. The van der Waals surface area contributed by atoms with Crippen LogP contribution >= 0.6 is 0 Å². The van der Waals surface area contributed by atoms with Crippen LogP contribution in [0, 0.1) is 0 Å². The van der Waals surface area contributed by atoms with E-state index in [0.29, 0.717) is 0 Å². The number of rotatable bonds is 5. The number of nitrogens with zero attached hydrogens (tertiary/aromatic N) is 1. The summed E-state index contributed by atoms with van der Waals surface area (Å²) in [5.74, 6) is 0. The first-order valence-electron chi connectivity index (χ1n) is 20.7. The highest BCUT2D eigenvalue weighted by atomic mass is 15.1. The zero-order valence-electron chi connectivity index (χ0n) is 35.4. The van der Waals surface area contributed by atoms with E-state index in [9.17, 15) is 0 Å². The van der Waals surface area contributed by atoms with E-state index in [1.54, 1.807) is 0 Å². The number of para-hydroxylation sites is 1. The second-order valence-electron chi connectivity index (χ2n) is 19.5. The van der Waals surface area contributed by atoms with Gasteiger partial charge in [0.2, 0.25) is 0 Å². The fourth-order valence-electron chi connectivity index (χ4n) is 9.61. The molecule has 2 aliphatic carbocycles. The molecule has 284 valence electrons. The molecule has 0 bridgehead atoms. The van der Waals surface area contributed by atoms with Gasteiger partial charge >= 0.3 is 0 Å². The summed E-state index contributed by atoms with van der Waals surface area (Å²) < 4.78 is 0. The molecule has 7 aromatic rings. The monoisotopic (exact) mass is 741 g/mol. The van der Waals surface area contributed by atoms with Crippen molar-refractivity contribution in [3.63, 3.8) is 0 Å². The van der Waals surface area contributed by atoms with Crippen LogP contribution in [0.4, 0.5) is 17.1 Å². The second kappa shape index (κ2) is 12.9. The van der Waals surface area contributed by atoms with Crippen LogP contribution in [0.2, 0.25) is 0 Å². The summed E-state index contributed by atoms with van der Waals surface area (Å²) >= 11 is 0. The summed E-state index contributed by atoms with van der Waals surface area (Å²) in [6.45, 7) is 23.5. The quantitative estimate of drug-likeness (QED) is 0.170. The first kappa shape index (κ1) is 36.9. The molecular weight excluding hydrogens is 687 g/mol. The molecule has 0 heterocycles. The highest BCUT2D eigenvalue weighted by Gasteiger charge is 2.38. The van der Waals surface area contributed by atoms with Crippen molar-refractivity contribution < 1.29 is 0 Å². The molecule has 0 atom stereocenters. The standard InChI is InChI=1S/C56H55N/c1-53(2,3)37-31-36(32-38(33-37)54(4,5)6)41-19-11-12-20-42(41)47-23-15-18-26-52(47)57(39-27-29-45-43-21-13-16-24-48(43)55(7,8)50(45)34-39)40-28-30-46-44-22-14-17-25-49(44)56(9,10)51(46)35-40/h11-35H,1-10H3. The van der Waals surface area contributed by atoms with Gasteiger partial charge in [-0.2, -0.15) is 0 Å². The number of benzene rings is 7. The molecule has 0 aliphatic heterocycles. The van der Waals surface area contributed by atoms with Crippen LogP contribution in [0.5, 0.6) is 0 Å². The Kier molecular flexibility index (Phi) is 8.38. The second-order valence-corrected chi connectivity index (χ2v) is 19.5. The van der Waals surface area contributed by atoms with Crippen LogP contribution in [0.1, 0.15) is 103 Å². The van der Waals surface area contributed by atoms with Crippen molar-refractivity contribution in [2.75, 3.05) is 4.90 Å². The third kappa shape index (κ3) is 5.97. The van der Waals surface area contributed by atoms with E-state index >= 15 is 0 Å². The van der Waals surface area contributed by atoms with Crippen molar-refractivity contribution in [1.29, 1.82) is 0 Å². The lowest BCUT2D eigenvalue weighted by Crippen LogP contribution is -2.18. The molecule has 0 fully saturated rings.